The van der Waals surface area contributed by atoms with Gasteiger partial charge in [0.25, 0.3) is 0 Å². The summed E-state index contributed by atoms with van der Waals surface area (Å²) < 4.78 is 2.21. The molecular weight excluding hydrogens is 379 g/mol. The van der Waals surface area contributed by atoms with Gasteiger partial charge in [0.2, 0.25) is 5.91 Å². The van der Waals surface area contributed by atoms with Gasteiger partial charge in [-0.1, -0.05) is 41.0 Å². The molecule has 0 radical (unpaired) electrons. The molecule has 1 N–H and O–H groups in total. The Morgan fingerprint density at radius 1 is 1.32 bits per heavy atom. The second kappa shape index (κ2) is 7.98. The second-order valence-corrected chi connectivity index (χ2v) is 8.03. The molecule has 5 nitrogen and oxygen atoms in total. The number of amides is 1. The molecule has 0 bridgehead atoms. The number of thioether (sulfide) groups is 1. The number of carbonyl (C=O) groups is 1. The summed E-state index contributed by atoms with van der Waals surface area (Å²) in [7, 11) is 0. The van der Waals surface area contributed by atoms with Crippen LogP contribution in [0.5, 0.6) is 0 Å². The molecule has 1 aliphatic rings. The molecule has 1 aliphatic carbocycles. The Labute approximate surface area is 161 Å². The average Bonchev–Trinajstić information content (AvgIpc) is 3.35. The fourth-order valence-electron chi connectivity index (χ4n) is 2.57. The van der Waals surface area contributed by atoms with Gasteiger partial charge in [0, 0.05) is 18.2 Å². The van der Waals surface area contributed by atoms with Gasteiger partial charge in [0.15, 0.2) is 5.16 Å². The van der Waals surface area contributed by atoms with Crippen molar-refractivity contribution in [2.24, 2.45) is 0 Å². The summed E-state index contributed by atoms with van der Waals surface area (Å²) in [6.07, 6.45) is 3.55. The van der Waals surface area contributed by atoms with Crippen molar-refractivity contribution in [3.63, 3.8) is 0 Å². The number of anilines is 1. The van der Waals surface area contributed by atoms with E-state index in [4.69, 9.17) is 23.2 Å². The molecule has 1 amide bonds. The summed E-state index contributed by atoms with van der Waals surface area (Å²) in [4.78, 5) is 12.2. The van der Waals surface area contributed by atoms with Gasteiger partial charge >= 0.3 is 0 Å². The van der Waals surface area contributed by atoms with Crippen LogP contribution in [0.4, 0.5) is 5.69 Å². The van der Waals surface area contributed by atoms with E-state index in [2.05, 4.69) is 20.1 Å². The summed E-state index contributed by atoms with van der Waals surface area (Å²) in [5.74, 6) is 1.69. The van der Waals surface area contributed by atoms with Crippen molar-refractivity contribution in [3.8, 4) is 0 Å². The van der Waals surface area contributed by atoms with Gasteiger partial charge in [-0.05, 0) is 44.7 Å². The highest BCUT2D eigenvalue weighted by atomic mass is 35.5. The molecule has 1 aromatic heterocycles. The highest BCUT2D eigenvalue weighted by Crippen LogP contribution is 2.38. The second-order valence-electron chi connectivity index (χ2n) is 6.18. The Morgan fingerprint density at radius 2 is 2.08 bits per heavy atom. The van der Waals surface area contributed by atoms with Crippen LogP contribution >= 0.6 is 35.0 Å². The Morgan fingerprint density at radius 3 is 2.80 bits per heavy atom. The van der Waals surface area contributed by atoms with Crippen molar-refractivity contribution in [2.45, 2.75) is 50.7 Å². The normalized spacial score (nSPS) is 13.9. The van der Waals surface area contributed by atoms with E-state index in [1.807, 2.05) is 19.9 Å². The van der Waals surface area contributed by atoms with Crippen LogP contribution in [0.2, 0.25) is 10.0 Å². The Hall–Kier alpha value is -1.24. The van der Waals surface area contributed by atoms with Gasteiger partial charge in [-0.25, -0.2) is 0 Å². The number of rotatable bonds is 7. The molecule has 1 saturated carbocycles. The highest BCUT2D eigenvalue weighted by Gasteiger charge is 2.28. The third-order valence-electron chi connectivity index (χ3n) is 4.07. The molecule has 0 atom stereocenters. The lowest BCUT2D eigenvalue weighted by molar-refractivity contribution is -0.116. The van der Waals surface area contributed by atoms with Crippen molar-refractivity contribution >= 4 is 46.6 Å². The van der Waals surface area contributed by atoms with E-state index in [1.54, 1.807) is 17.8 Å². The topological polar surface area (TPSA) is 59.8 Å². The summed E-state index contributed by atoms with van der Waals surface area (Å²) in [5, 5.41) is 13.1. The van der Waals surface area contributed by atoms with Crippen LogP contribution in [0, 0.1) is 13.8 Å². The molecule has 2 aromatic rings. The molecule has 0 unspecified atom stereocenters. The summed E-state index contributed by atoms with van der Waals surface area (Å²) >= 11 is 14.0. The smallest absolute Gasteiger partial charge is 0.224 e. The third-order valence-corrected chi connectivity index (χ3v) is 5.91. The first-order chi connectivity index (χ1) is 12.0. The summed E-state index contributed by atoms with van der Waals surface area (Å²) in [6, 6.07) is 4.13. The van der Waals surface area contributed by atoms with Crippen LogP contribution in [0.25, 0.3) is 0 Å². The van der Waals surface area contributed by atoms with Crippen molar-refractivity contribution in [1.29, 1.82) is 0 Å². The van der Waals surface area contributed by atoms with E-state index >= 15 is 0 Å². The van der Waals surface area contributed by atoms with Crippen LogP contribution < -0.4 is 5.32 Å². The summed E-state index contributed by atoms with van der Waals surface area (Å²) in [6.45, 7) is 3.86. The Kier molecular flexibility index (Phi) is 5.92. The van der Waals surface area contributed by atoms with E-state index in [0.29, 0.717) is 28.2 Å². The van der Waals surface area contributed by atoms with Crippen LogP contribution in [0.1, 0.15) is 43.1 Å². The van der Waals surface area contributed by atoms with Crippen molar-refractivity contribution in [1.82, 2.24) is 14.8 Å². The van der Waals surface area contributed by atoms with E-state index in [-0.39, 0.29) is 5.91 Å². The zero-order chi connectivity index (χ0) is 18.0. The number of nitrogens with zero attached hydrogens (tertiary/aromatic N) is 3. The number of aryl methyl sites for hydroxylation is 2. The third kappa shape index (κ3) is 4.49. The fourth-order valence-corrected chi connectivity index (χ4v) is 4.03. The molecule has 1 heterocycles. The summed E-state index contributed by atoms with van der Waals surface area (Å²) in [5.41, 5.74) is 1.37. The Balaban J connectivity index is 1.48. The minimum Gasteiger partial charge on any atom is -0.324 e. The predicted molar refractivity (Wildman–Crippen MR) is 103 cm³/mol. The predicted octanol–water partition coefficient (Wildman–Crippen LogP) is 5.05. The average molecular weight is 399 g/mol. The lowest BCUT2D eigenvalue weighted by Gasteiger charge is -2.11. The maximum absolute atomic E-state index is 12.2. The van der Waals surface area contributed by atoms with Crippen molar-refractivity contribution < 1.29 is 4.79 Å². The molecular formula is C17H20Cl2N4OS. The van der Waals surface area contributed by atoms with Gasteiger partial charge in [0.1, 0.15) is 5.82 Å². The van der Waals surface area contributed by atoms with E-state index < -0.39 is 0 Å². The van der Waals surface area contributed by atoms with Gasteiger partial charge in [-0.3, -0.25) is 4.79 Å². The van der Waals surface area contributed by atoms with E-state index in [0.717, 1.165) is 28.7 Å². The van der Waals surface area contributed by atoms with E-state index in [9.17, 15) is 4.79 Å². The fraction of sp³-hybridized carbons (Fsp3) is 0.471. The van der Waals surface area contributed by atoms with Crippen LogP contribution in [-0.2, 0) is 4.79 Å². The van der Waals surface area contributed by atoms with Crippen LogP contribution in [-0.4, -0.2) is 26.4 Å². The molecule has 25 heavy (non-hydrogen) atoms. The van der Waals surface area contributed by atoms with Gasteiger partial charge < -0.3 is 9.88 Å². The van der Waals surface area contributed by atoms with Crippen molar-refractivity contribution in [2.75, 3.05) is 11.1 Å². The van der Waals surface area contributed by atoms with Gasteiger partial charge in [0.05, 0.1) is 15.7 Å². The standard InChI is InChI=1S/C17H20Cl2N4OS/c1-10-5-8-13(18)16(15(10)19)20-14(24)4-3-9-25-17-22-21-11(2)23(17)12-6-7-12/h5,8,12H,3-4,6-7,9H2,1-2H3,(H,20,24). The van der Waals surface area contributed by atoms with E-state index in [1.165, 1.54) is 12.8 Å². The first kappa shape index (κ1) is 18.5. The molecule has 0 spiro atoms. The first-order valence-corrected chi connectivity index (χ1v) is 10.00. The number of nitrogens with one attached hydrogen (secondary N) is 1. The molecule has 8 heteroatoms. The maximum atomic E-state index is 12.2. The number of halogens is 2. The number of hydrogen-bond acceptors (Lipinski definition) is 4. The molecule has 0 saturated heterocycles. The number of hydrogen-bond donors (Lipinski definition) is 1. The minimum absolute atomic E-state index is 0.0881. The molecule has 1 aromatic carbocycles. The zero-order valence-corrected chi connectivity index (χ0v) is 16.5. The maximum Gasteiger partial charge on any atom is 0.224 e. The van der Waals surface area contributed by atoms with Crippen molar-refractivity contribution in [3.05, 3.63) is 33.6 Å². The quantitative estimate of drug-likeness (QED) is 0.523. The number of aromatic nitrogens is 3. The number of benzene rings is 1. The van der Waals surface area contributed by atoms with Crippen LogP contribution in [0.3, 0.4) is 0 Å². The molecule has 134 valence electrons. The molecule has 1 fully saturated rings. The lowest BCUT2D eigenvalue weighted by atomic mass is 10.2. The molecule has 3 rings (SSSR count). The lowest BCUT2D eigenvalue weighted by Crippen LogP contribution is -2.12. The minimum atomic E-state index is -0.0881. The zero-order valence-electron chi connectivity index (χ0n) is 14.2. The SMILES string of the molecule is Cc1ccc(Cl)c(NC(=O)CCCSc2nnc(C)n2C2CC2)c1Cl. The monoisotopic (exact) mass is 398 g/mol. The Bertz CT molecular complexity index is 789. The van der Waals surface area contributed by atoms with Gasteiger partial charge in [-0.15, -0.1) is 10.2 Å². The highest BCUT2D eigenvalue weighted by molar-refractivity contribution is 7.99. The molecule has 0 aliphatic heterocycles. The van der Waals surface area contributed by atoms with Gasteiger partial charge in [-0.2, -0.15) is 0 Å². The number of carbonyl (C=O) groups excluding carboxylic acids is 1. The largest absolute Gasteiger partial charge is 0.324 e. The first-order valence-electron chi connectivity index (χ1n) is 8.26. The van der Waals surface area contributed by atoms with Crippen LogP contribution in [0.15, 0.2) is 17.3 Å².